The van der Waals surface area contributed by atoms with E-state index in [1.54, 1.807) is 25.2 Å². The molecule has 0 spiro atoms. The Balaban J connectivity index is 3.00. The zero-order chi connectivity index (χ0) is 8.27. The zero-order valence-corrected chi connectivity index (χ0v) is 6.33. The van der Waals surface area contributed by atoms with E-state index in [1.807, 2.05) is 0 Å². The van der Waals surface area contributed by atoms with Gasteiger partial charge >= 0.3 is 0 Å². The van der Waals surface area contributed by atoms with Crippen LogP contribution in [0, 0.1) is 0 Å². The fourth-order valence-electron chi connectivity index (χ4n) is 0.921. The van der Waals surface area contributed by atoms with Gasteiger partial charge in [0.15, 0.2) is 0 Å². The van der Waals surface area contributed by atoms with E-state index in [4.69, 9.17) is 0 Å². The zero-order valence-electron chi connectivity index (χ0n) is 6.33. The van der Waals surface area contributed by atoms with Crippen molar-refractivity contribution >= 4 is 0 Å². The van der Waals surface area contributed by atoms with Crippen molar-refractivity contribution in [2.24, 2.45) is 0 Å². The third-order valence-corrected chi connectivity index (χ3v) is 1.48. The van der Waals surface area contributed by atoms with E-state index >= 15 is 0 Å². The molecule has 11 heavy (non-hydrogen) atoms. The molecule has 0 aliphatic rings. The Kier molecular flexibility index (Phi) is 2.33. The molecule has 3 N–H and O–H groups in total. The summed E-state index contributed by atoms with van der Waals surface area (Å²) in [6.07, 6.45) is 0. The van der Waals surface area contributed by atoms with Crippen LogP contribution in [0.25, 0.3) is 0 Å². The predicted octanol–water partition coefficient (Wildman–Crippen LogP) is 0.817. The van der Waals surface area contributed by atoms with E-state index < -0.39 is 0 Å². The van der Waals surface area contributed by atoms with Gasteiger partial charge in [0.25, 0.3) is 0 Å². The monoisotopic (exact) mass is 153 g/mol. The Morgan fingerprint density at radius 2 is 1.82 bits per heavy atom. The second-order valence-corrected chi connectivity index (χ2v) is 2.31. The van der Waals surface area contributed by atoms with Crippen LogP contribution < -0.4 is 5.32 Å². The summed E-state index contributed by atoms with van der Waals surface area (Å²) < 4.78 is 0. The van der Waals surface area contributed by atoms with Crippen LogP contribution in [0.4, 0.5) is 0 Å². The van der Waals surface area contributed by atoms with Gasteiger partial charge in [-0.15, -0.1) is 0 Å². The highest BCUT2D eigenvalue weighted by Gasteiger charge is 2.03. The molecule has 0 bridgehead atoms. The third kappa shape index (κ3) is 1.62. The molecule has 0 aromatic heterocycles. The lowest BCUT2D eigenvalue weighted by molar-refractivity contribution is 0.435. The summed E-state index contributed by atoms with van der Waals surface area (Å²) in [5, 5.41) is 21.3. The molecular formula is C8H11NO2. The Morgan fingerprint density at radius 1 is 1.27 bits per heavy atom. The first-order valence-corrected chi connectivity index (χ1v) is 3.40. The van der Waals surface area contributed by atoms with Crippen molar-refractivity contribution in [3.8, 4) is 11.5 Å². The minimum absolute atomic E-state index is 0.124. The molecule has 0 atom stereocenters. The largest absolute Gasteiger partial charge is 0.507 e. The molecule has 0 saturated heterocycles. The number of phenolic OH excluding ortho intramolecular Hbond substituents is 2. The molecular weight excluding hydrogens is 142 g/mol. The number of phenols is 2. The van der Waals surface area contributed by atoms with Crippen LogP contribution in [0.1, 0.15) is 5.56 Å². The fourth-order valence-corrected chi connectivity index (χ4v) is 0.921. The molecule has 60 valence electrons. The smallest absolute Gasteiger partial charge is 0.123 e. The van der Waals surface area contributed by atoms with Gasteiger partial charge < -0.3 is 15.5 Å². The average molecular weight is 153 g/mol. The van der Waals surface area contributed by atoms with Crippen molar-refractivity contribution in [2.45, 2.75) is 6.54 Å². The van der Waals surface area contributed by atoms with Gasteiger partial charge in [-0.25, -0.2) is 0 Å². The lowest BCUT2D eigenvalue weighted by Crippen LogP contribution is -2.05. The van der Waals surface area contributed by atoms with E-state index in [0.717, 1.165) is 0 Å². The van der Waals surface area contributed by atoms with Gasteiger partial charge in [-0.1, -0.05) is 6.07 Å². The molecule has 0 radical (unpaired) electrons. The van der Waals surface area contributed by atoms with E-state index in [1.165, 1.54) is 0 Å². The third-order valence-electron chi connectivity index (χ3n) is 1.48. The summed E-state index contributed by atoms with van der Waals surface area (Å²) >= 11 is 0. The maximum Gasteiger partial charge on any atom is 0.123 e. The first-order chi connectivity index (χ1) is 5.25. The van der Waals surface area contributed by atoms with E-state index in [-0.39, 0.29) is 11.5 Å². The summed E-state index contributed by atoms with van der Waals surface area (Å²) in [4.78, 5) is 0. The van der Waals surface area contributed by atoms with Crippen LogP contribution >= 0.6 is 0 Å². The van der Waals surface area contributed by atoms with Crippen molar-refractivity contribution in [1.29, 1.82) is 0 Å². The summed E-state index contributed by atoms with van der Waals surface area (Å²) in [6, 6.07) is 4.70. The molecule has 1 aromatic carbocycles. The van der Waals surface area contributed by atoms with Crippen LogP contribution in [0.5, 0.6) is 11.5 Å². The van der Waals surface area contributed by atoms with Crippen LogP contribution in [-0.4, -0.2) is 17.3 Å². The molecule has 0 unspecified atom stereocenters. The van der Waals surface area contributed by atoms with Crippen molar-refractivity contribution in [3.05, 3.63) is 23.8 Å². The number of aromatic hydroxyl groups is 2. The topological polar surface area (TPSA) is 52.5 Å². The highest BCUT2D eigenvalue weighted by atomic mass is 16.3. The Morgan fingerprint density at radius 3 is 2.27 bits per heavy atom. The molecule has 0 heterocycles. The van der Waals surface area contributed by atoms with Crippen molar-refractivity contribution in [1.82, 2.24) is 5.32 Å². The summed E-state index contributed by atoms with van der Waals surface area (Å²) in [5.41, 5.74) is 0.537. The van der Waals surface area contributed by atoms with Crippen molar-refractivity contribution in [2.75, 3.05) is 7.05 Å². The average Bonchev–Trinajstić information content (AvgIpc) is 1.97. The number of nitrogens with one attached hydrogen (secondary N) is 1. The second kappa shape index (κ2) is 3.25. The Hall–Kier alpha value is -1.22. The van der Waals surface area contributed by atoms with E-state index in [2.05, 4.69) is 5.32 Å². The van der Waals surface area contributed by atoms with Gasteiger partial charge in [0.1, 0.15) is 11.5 Å². The predicted molar refractivity (Wildman–Crippen MR) is 42.5 cm³/mol. The van der Waals surface area contributed by atoms with Crippen LogP contribution in [-0.2, 0) is 6.54 Å². The fraction of sp³-hybridized carbons (Fsp3) is 0.250. The maximum atomic E-state index is 9.22. The molecule has 0 aliphatic heterocycles. The molecule has 0 aliphatic carbocycles. The van der Waals surface area contributed by atoms with Gasteiger partial charge in [-0.05, 0) is 19.2 Å². The minimum Gasteiger partial charge on any atom is -0.507 e. The molecule has 1 aromatic rings. The standard InChI is InChI=1S/C8H11NO2/c1-9-5-6-7(10)3-2-4-8(6)11/h2-4,9-11H,5H2,1H3. The maximum absolute atomic E-state index is 9.22. The normalized spacial score (nSPS) is 9.91. The highest BCUT2D eigenvalue weighted by molar-refractivity contribution is 5.42. The van der Waals surface area contributed by atoms with E-state index in [9.17, 15) is 10.2 Å². The van der Waals surface area contributed by atoms with Crippen molar-refractivity contribution < 1.29 is 10.2 Å². The molecule has 0 saturated carbocycles. The SMILES string of the molecule is CNCc1c(O)cccc1O. The van der Waals surface area contributed by atoms with Gasteiger partial charge in [-0.2, -0.15) is 0 Å². The van der Waals surface area contributed by atoms with Crippen LogP contribution in [0.3, 0.4) is 0 Å². The van der Waals surface area contributed by atoms with Crippen LogP contribution in [0.15, 0.2) is 18.2 Å². The summed E-state index contributed by atoms with van der Waals surface area (Å²) in [5.74, 6) is 0.249. The molecule has 0 fully saturated rings. The molecule has 3 heteroatoms. The highest BCUT2D eigenvalue weighted by Crippen LogP contribution is 2.25. The van der Waals surface area contributed by atoms with Gasteiger partial charge in [-0.3, -0.25) is 0 Å². The Bertz CT molecular complexity index is 228. The first kappa shape index (κ1) is 7.88. The van der Waals surface area contributed by atoms with E-state index in [0.29, 0.717) is 12.1 Å². The number of hydrogen-bond acceptors (Lipinski definition) is 3. The summed E-state index contributed by atoms with van der Waals surface area (Å²) in [7, 11) is 1.76. The lowest BCUT2D eigenvalue weighted by Gasteiger charge is -2.04. The molecule has 1 rings (SSSR count). The number of hydrogen-bond donors (Lipinski definition) is 3. The molecule has 3 nitrogen and oxygen atoms in total. The second-order valence-electron chi connectivity index (χ2n) is 2.31. The quantitative estimate of drug-likeness (QED) is 0.589. The number of rotatable bonds is 2. The van der Waals surface area contributed by atoms with Crippen LogP contribution in [0.2, 0.25) is 0 Å². The van der Waals surface area contributed by atoms with Gasteiger partial charge in [0.2, 0.25) is 0 Å². The minimum atomic E-state index is 0.124. The first-order valence-electron chi connectivity index (χ1n) is 3.40. The number of benzene rings is 1. The van der Waals surface area contributed by atoms with Crippen molar-refractivity contribution in [3.63, 3.8) is 0 Å². The lowest BCUT2D eigenvalue weighted by atomic mass is 10.2. The summed E-state index contributed by atoms with van der Waals surface area (Å²) in [6.45, 7) is 0.471. The van der Waals surface area contributed by atoms with Gasteiger partial charge in [0.05, 0.1) is 0 Å². The Labute approximate surface area is 65.3 Å². The molecule has 0 amide bonds. The van der Waals surface area contributed by atoms with Gasteiger partial charge in [0, 0.05) is 12.1 Å².